The lowest BCUT2D eigenvalue weighted by molar-refractivity contribution is -0.153. The van der Waals surface area contributed by atoms with E-state index in [2.05, 4.69) is 10.3 Å². The van der Waals surface area contributed by atoms with Crippen molar-refractivity contribution in [2.45, 2.75) is 19.1 Å². The fourth-order valence-electron chi connectivity index (χ4n) is 1.70. The summed E-state index contributed by atoms with van der Waals surface area (Å²) in [6.07, 6.45) is -4.27. The van der Waals surface area contributed by atoms with Crippen LogP contribution in [0.25, 0.3) is 0 Å². The lowest BCUT2D eigenvalue weighted by Gasteiger charge is -2.13. The summed E-state index contributed by atoms with van der Waals surface area (Å²) in [7, 11) is 0. The SMILES string of the molecule is O=C(Cc1cscn1)NCc1ccccc1OCC(F)(F)F. The number of para-hydroxylation sites is 1. The molecule has 0 saturated carbocycles. The van der Waals surface area contributed by atoms with Crippen LogP contribution in [0.2, 0.25) is 0 Å². The first kappa shape index (κ1) is 16.3. The molecule has 0 fully saturated rings. The first-order valence-corrected chi connectivity index (χ1v) is 7.29. The zero-order valence-electron chi connectivity index (χ0n) is 11.4. The van der Waals surface area contributed by atoms with E-state index in [1.165, 1.54) is 17.4 Å². The second-order valence-corrected chi connectivity index (χ2v) is 5.16. The second kappa shape index (κ2) is 7.26. The number of amides is 1. The number of halogens is 3. The summed E-state index contributed by atoms with van der Waals surface area (Å²) in [4.78, 5) is 15.7. The molecule has 2 rings (SSSR count). The van der Waals surface area contributed by atoms with Crippen molar-refractivity contribution < 1.29 is 22.7 Å². The smallest absolute Gasteiger partial charge is 0.422 e. The number of carbonyl (C=O) groups excluding carboxylic acids is 1. The maximum Gasteiger partial charge on any atom is 0.422 e. The highest BCUT2D eigenvalue weighted by Gasteiger charge is 2.28. The Morgan fingerprint density at radius 3 is 2.77 bits per heavy atom. The molecule has 0 atom stereocenters. The summed E-state index contributed by atoms with van der Waals surface area (Å²) in [6, 6.07) is 6.29. The minimum Gasteiger partial charge on any atom is -0.484 e. The normalized spacial score (nSPS) is 11.2. The molecule has 0 aliphatic heterocycles. The van der Waals surface area contributed by atoms with Gasteiger partial charge in [0.1, 0.15) is 5.75 Å². The van der Waals surface area contributed by atoms with Crippen LogP contribution in [-0.4, -0.2) is 23.7 Å². The highest BCUT2D eigenvalue weighted by atomic mass is 32.1. The van der Waals surface area contributed by atoms with Crippen LogP contribution in [0.3, 0.4) is 0 Å². The van der Waals surface area contributed by atoms with Crippen LogP contribution in [-0.2, 0) is 17.8 Å². The van der Waals surface area contributed by atoms with Gasteiger partial charge in [-0.15, -0.1) is 11.3 Å². The molecule has 1 N–H and O–H groups in total. The van der Waals surface area contributed by atoms with Gasteiger partial charge in [-0.25, -0.2) is 4.98 Å². The molecule has 1 amide bonds. The van der Waals surface area contributed by atoms with Crippen molar-refractivity contribution >= 4 is 17.2 Å². The van der Waals surface area contributed by atoms with Gasteiger partial charge in [0, 0.05) is 17.5 Å². The number of alkyl halides is 3. The number of nitrogens with zero attached hydrogens (tertiary/aromatic N) is 1. The van der Waals surface area contributed by atoms with Gasteiger partial charge in [0.15, 0.2) is 6.61 Å². The monoisotopic (exact) mass is 330 g/mol. The molecule has 0 unspecified atom stereocenters. The van der Waals surface area contributed by atoms with Crippen LogP contribution in [0.4, 0.5) is 13.2 Å². The third-order valence-electron chi connectivity index (χ3n) is 2.67. The van der Waals surface area contributed by atoms with Crippen molar-refractivity contribution in [1.29, 1.82) is 0 Å². The van der Waals surface area contributed by atoms with Crippen molar-refractivity contribution in [2.75, 3.05) is 6.61 Å². The summed E-state index contributed by atoms with van der Waals surface area (Å²) in [5.74, 6) is -0.148. The summed E-state index contributed by atoms with van der Waals surface area (Å²) in [5.41, 5.74) is 2.77. The number of carbonyl (C=O) groups is 1. The molecule has 22 heavy (non-hydrogen) atoms. The van der Waals surface area contributed by atoms with Gasteiger partial charge in [-0.3, -0.25) is 4.79 Å². The molecule has 0 bridgehead atoms. The minimum atomic E-state index is -4.40. The van der Waals surface area contributed by atoms with Crippen LogP contribution in [0, 0.1) is 0 Å². The first-order chi connectivity index (χ1) is 10.4. The van der Waals surface area contributed by atoms with Gasteiger partial charge in [-0.2, -0.15) is 13.2 Å². The van der Waals surface area contributed by atoms with E-state index in [0.29, 0.717) is 11.3 Å². The third-order valence-corrected chi connectivity index (χ3v) is 3.30. The number of nitrogens with one attached hydrogen (secondary N) is 1. The molecule has 1 heterocycles. The first-order valence-electron chi connectivity index (χ1n) is 6.35. The summed E-state index contributed by atoms with van der Waals surface area (Å²) in [6.45, 7) is -1.27. The molecule has 1 aromatic heterocycles. The molecular weight excluding hydrogens is 317 g/mol. The van der Waals surface area contributed by atoms with E-state index in [0.717, 1.165) is 0 Å². The summed E-state index contributed by atoms with van der Waals surface area (Å²) < 4.78 is 41.3. The van der Waals surface area contributed by atoms with E-state index in [1.807, 2.05) is 0 Å². The van der Waals surface area contributed by atoms with Gasteiger partial charge >= 0.3 is 6.18 Å². The number of hydrogen-bond acceptors (Lipinski definition) is 4. The van der Waals surface area contributed by atoms with E-state index in [1.54, 1.807) is 29.1 Å². The van der Waals surface area contributed by atoms with Gasteiger partial charge in [-0.1, -0.05) is 18.2 Å². The van der Waals surface area contributed by atoms with Crippen molar-refractivity contribution in [3.8, 4) is 5.75 Å². The molecule has 0 aliphatic carbocycles. The van der Waals surface area contributed by atoms with Crippen LogP contribution >= 0.6 is 11.3 Å². The number of hydrogen-bond donors (Lipinski definition) is 1. The largest absolute Gasteiger partial charge is 0.484 e. The lowest BCUT2D eigenvalue weighted by atomic mass is 10.2. The number of benzene rings is 1. The lowest BCUT2D eigenvalue weighted by Crippen LogP contribution is -2.25. The van der Waals surface area contributed by atoms with Crippen LogP contribution in [0.1, 0.15) is 11.3 Å². The Morgan fingerprint density at radius 1 is 1.32 bits per heavy atom. The Labute approximate surface area is 128 Å². The van der Waals surface area contributed by atoms with Crippen LogP contribution in [0.5, 0.6) is 5.75 Å². The van der Waals surface area contributed by atoms with Crippen molar-refractivity contribution in [2.24, 2.45) is 0 Å². The quantitative estimate of drug-likeness (QED) is 0.886. The van der Waals surface area contributed by atoms with Crippen LogP contribution < -0.4 is 10.1 Å². The summed E-state index contributed by atoms with van der Waals surface area (Å²) >= 11 is 1.39. The Balaban J connectivity index is 1.90. The van der Waals surface area contributed by atoms with E-state index >= 15 is 0 Å². The van der Waals surface area contributed by atoms with Crippen LogP contribution in [0.15, 0.2) is 35.2 Å². The molecular formula is C14H13F3N2O2S. The maximum absolute atomic E-state index is 12.2. The second-order valence-electron chi connectivity index (χ2n) is 4.44. The van der Waals surface area contributed by atoms with Gasteiger partial charge < -0.3 is 10.1 Å². The Bertz CT molecular complexity index is 615. The Hall–Kier alpha value is -2.09. The molecule has 8 heteroatoms. The standard InChI is InChI=1S/C14H13F3N2O2S/c15-14(16,17)8-21-12-4-2-1-3-10(12)6-18-13(20)5-11-7-22-9-19-11/h1-4,7,9H,5-6,8H2,(H,18,20). The molecule has 0 radical (unpaired) electrons. The third kappa shape index (κ3) is 5.36. The average molecular weight is 330 g/mol. The van der Waals surface area contributed by atoms with E-state index in [9.17, 15) is 18.0 Å². The highest BCUT2D eigenvalue weighted by molar-refractivity contribution is 7.07. The fourth-order valence-corrected chi connectivity index (χ4v) is 2.25. The van der Waals surface area contributed by atoms with Gasteiger partial charge in [0.25, 0.3) is 0 Å². The maximum atomic E-state index is 12.2. The molecule has 1 aromatic carbocycles. The number of aromatic nitrogens is 1. The fraction of sp³-hybridized carbons (Fsp3) is 0.286. The van der Waals surface area contributed by atoms with E-state index < -0.39 is 12.8 Å². The van der Waals surface area contributed by atoms with E-state index in [4.69, 9.17) is 4.74 Å². The predicted molar refractivity (Wildman–Crippen MR) is 75.7 cm³/mol. The van der Waals surface area contributed by atoms with Crippen molar-refractivity contribution in [1.82, 2.24) is 10.3 Å². The molecule has 0 saturated heterocycles. The van der Waals surface area contributed by atoms with Crippen molar-refractivity contribution in [3.05, 3.63) is 46.4 Å². The predicted octanol–water partition coefficient (Wildman–Crippen LogP) is 2.94. The number of thiazole rings is 1. The topological polar surface area (TPSA) is 51.2 Å². The zero-order valence-corrected chi connectivity index (χ0v) is 12.2. The molecule has 4 nitrogen and oxygen atoms in total. The minimum absolute atomic E-state index is 0.0942. The Kier molecular flexibility index (Phi) is 5.37. The van der Waals surface area contributed by atoms with Gasteiger partial charge in [0.2, 0.25) is 5.91 Å². The van der Waals surface area contributed by atoms with Gasteiger partial charge in [0.05, 0.1) is 17.6 Å². The van der Waals surface area contributed by atoms with Crippen molar-refractivity contribution in [3.63, 3.8) is 0 Å². The Morgan fingerprint density at radius 2 is 2.09 bits per heavy atom. The number of rotatable bonds is 6. The highest BCUT2D eigenvalue weighted by Crippen LogP contribution is 2.22. The molecule has 118 valence electrons. The van der Waals surface area contributed by atoms with E-state index in [-0.39, 0.29) is 24.6 Å². The van der Waals surface area contributed by atoms with Gasteiger partial charge in [-0.05, 0) is 6.07 Å². The molecule has 0 spiro atoms. The molecule has 2 aromatic rings. The average Bonchev–Trinajstić information content (AvgIpc) is 2.96. The zero-order chi connectivity index (χ0) is 16.0. The molecule has 0 aliphatic rings. The summed E-state index contributed by atoms with van der Waals surface area (Å²) in [5, 5.41) is 4.40. The number of ether oxygens (including phenoxy) is 1.